The number of hydrogen-bond acceptors (Lipinski definition) is 8. The minimum atomic E-state index is -3.12. The third kappa shape index (κ3) is 4.97. The van der Waals surface area contributed by atoms with E-state index in [4.69, 9.17) is 4.74 Å². The van der Waals surface area contributed by atoms with Gasteiger partial charge in [0.25, 0.3) is 0 Å². The van der Waals surface area contributed by atoms with E-state index >= 15 is 0 Å². The van der Waals surface area contributed by atoms with Crippen molar-refractivity contribution in [2.75, 3.05) is 37.5 Å². The normalized spacial score (nSPS) is 24.4. The first-order chi connectivity index (χ1) is 11.3. The van der Waals surface area contributed by atoms with Gasteiger partial charge in [0.1, 0.15) is 0 Å². The third-order valence-corrected chi connectivity index (χ3v) is 6.48. The van der Waals surface area contributed by atoms with Crippen LogP contribution in [0.3, 0.4) is 0 Å². The molecule has 1 atom stereocenters. The lowest BCUT2D eigenvalue weighted by Gasteiger charge is -2.17. The highest BCUT2D eigenvalue weighted by Gasteiger charge is 2.34. The molecule has 2 aliphatic heterocycles. The highest BCUT2D eigenvalue weighted by molar-refractivity contribution is 8.04. The van der Waals surface area contributed by atoms with Gasteiger partial charge in [-0.05, 0) is 12.8 Å². The van der Waals surface area contributed by atoms with Crippen LogP contribution >= 0.6 is 11.8 Å². The molecule has 0 saturated carbocycles. The summed E-state index contributed by atoms with van der Waals surface area (Å²) in [5.74, 6) is -1.64. The van der Waals surface area contributed by atoms with Crippen LogP contribution in [0.2, 0.25) is 0 Å². The molecule has 0 radical (unpaired) electrons. The average Bonchev–Trinajstić information content (AvgIpc) is 3.06. The zero-order valence-electron chi connectivity index (χ0n) is 13.2. The minimum Gasteiger partial charge on any atom is -0.466 e. The Bertz CT molecular complexity index is 656. The number of esters is 2. The second kappa shape index (κ2) is 8.02. The van der Waals surface area contributed by atoms with Crippen LogP contribution in [0.1, 0.15) is 12.8 Å². The molecule has 2 rings (SSSR count). The molecule has 2 fully saturated rings. The fraction of sp³-hybridized carbons (Fsp3) is 0.643. The van der Waals surface area contributed by atoms with E-state index in [1.165, 1.54) is 29.8 Å². The number of carbonyl (C=O) groups excluding carboxylic acids is 3. The standard InChI is InChI=1S/C14H19NO7S2/c1-21-13(17)7-12-15(11(16)8-23-12)4-2-5-22-14(18)10-3-6-24(19,20)9-10/h7,10H,2-6,8-9H2,1H3/b12-7+. The number of hydrogen-bond donors (Lipinski definition) is 0. The van der Waals surface area contributed by atoms with Crippen LogP contribution < -0.4 is 0 Å². The Hall–Kier alpha value is -1.55. The quantitative estimate of drug-likeness (QED) is 0.360. The van der Waals surface area contributed by atoms with E-state index in [0.29, 0.717) is 24.4 Å². The monoisotopic (exact) mass is 377 g/mol. The SMILES string of the molecule is COC(=O)/C=C1/SCC(=O)N1CCCOC(=O)C1CCS(=O)(=O)C1. The maximum Gasteiger partial charge on any atom is 0.333 e. The van der Waals surface area contributed by atoms with Crippen molar-refractivity contribution >= 4 is 39.4 Å². The molecule has 0 aromatic heterocycles. The van der Waals surface area contributed by atoms with Crippen molar-refractivity contribution < 1.29 is 32.3 Å². The topological polar surface area (TPSA) is 107 Å². The molecule has 134 valence electrons. The largest absolute Gasteiger partial charge is 0.466 e. The maximum atomic E-state index is 11.8. The first kappa shape index (κ1) is 18.8. The van der Waals surface area contributed by atoms with Gasteiger partial charge < -0.3 is 14.4 Å². The molecule has 2 aliphatic rings. The van der Waals surface area contributed by atoms with E-state index in [-0.39, 0.29) is 29.8 Å². The summed E-state index contributed by atoms with van der Waals surface area (Å²) in [6.07, 6.45) is 1.95. The number of amides is 1. The first-order valence-electron chi connectivity index (χ1n) is 7.42. The van der Waals surface area contributed by atoms with Crippen molar-refractivity contribution in [2.24, 2.45) is 5.92 Å². The maximum absolute atomic E-state index is 11.8. The van der Waals surface area contributed by atoms with Gasteiger partial charge in [-0.3, -0.25) is 9.59 Å². The zero-order chi connectivity index (χ0) is 17.7. The van der Waals surface area contributed by atoms with Gasteiger partial charge in [-0.1, -0.05) is 11.8 Å². The summed E-state index contributed by atoms with van der Waals surface area (Å²) in [4.78, 5) is 36.3. The van der Waals surface area contributed by atoms with E-state index in [9.17, 15) is 22.8 Å². The zero-order valence-corrected chi connectivity index (χ0v) is 14.9. The molecule has 0 spiro atoms. The lowest BCUT2D eigenvalue weighted by molar-refractivity contribution is -0.147. The Morgan fingerprint density at radius 3 is 2.79 bits per heavy atom. The van der Waals surface area contributed by atoms with Crippen molar-refractivity contribution in [3.63, 3.8) is 0 Å². The molecule has 2 saturated heterocycles. The number of nitrogens with zero attached hydrogens (tertiary/aromatic N) is 1. The Kier molecular flexibility index (Phi) is 6.27. The van der Waals surface area contributed by atoms with Gasteiger partial charge in [-0.15, -0.1) is 0 Å². The predicted molar refractivity (Wildman–Crippen MR) is 86.6 cm³/mol. The van der Waals surface area contributed by atoms with Crippen molar-refractivity contribution in [3.8, 4) is 0 Å². The van der Waals surface area contributed by atoms with Crippen LogP contribution in [0.25, 0.3) is 0 Å². The van der Waals surface area contributed by atoms with Crippen LogP contribution in [0.15, 0.2) is 11.1 Å². The number of ether oxygens (including phenoxy) is 2. The predicted octanol–water partition coefficient (Wildman–Crippen LogP) is -0.0558. The Morgan fingerprint density at radius 2 is 2.17 bits per heavy atom. The molecule has 0 bridgehead atoms. The van der Waals surface area contributed by atoms with Gasteiger partial charge in [0.15, 0.2) is 9.84 Å². The Balaban J connectivity index is 1.77. The molecule has 10 heteroatoms. The van der Waals surface area contributed by atoms with Gasteiger partial charge in [-0.2, -0.15) is 0 Å². The lowest BCUT2D eigenvalue weighted by Crippen LogP contribution is -2.27. The summed E-state index contributed by atoms with van der Waals surface area (Å²) < 4.78 is 32.3. The number of carbonyl (C=O) groups is 3. The average molecular weight is 377 g/mol. The highest BCUT2D eigenvalue weighted by Crippen LogP contribution is 2.28. The molecule has 0 aliphatic carbocycles. The molecule has 1 amide bonds. The second-order valence-electron chi connectivity index (χ2n) is 5.46. The van der Waals surface area contributed by atoms with Crippen molar-refractivity contribution in [3.05, 3.63) is 11.1 Å². The van der Waals surface area contributed by atoms with Gasteiger partial charge in [0, 0.05) is 6.54 Å². The summed E-state index contributed by atoms with van der Waals surface area (Å²) >= 11 is 1.25. The van der Waals surface area contributed by atoms with E-state index in [1.807, 2.05) is 0 Å². The van der Waals surface area contributed by atoms with Gasteiger partial charge >= 0.3 is 11.9 Å². The highest BCUT2D eigenvalue weighted by atomic mass is 32.2. The lowest BCUT2D eigenvalue weighted by atomic mass is 10.1. The molecule has 1 unspecified atom stereocenters. The molecule has 0 aromatic rings. The molecular formula is C14H19NO7S2. The van der Waals surface area contributed by atoms with Crippen molar-refractivity contribution in [1.82, 2.24) is 4.90 Å². The van der Waals surface area contributed by atoms with Gasteiger partial charge in [0.05, 0.1) is 48.0 Å². The van der Waals surface area contributed by atoms with E-state index in [2.05, 4.69) is 4.74 Å². The van der Waals surface area contributed by atoms with Crippen molar-refractivity contribution in [2.45, 2.75) is 12.8 Å². The molecule has 2 heterocycles. The van der Waals surface area contributed by atoms with Crippen molar-refractivity contribution in [1.29, 1.82) is 0 Å². The summed E-state index contributed by atoms with van der Waals surface area (Å²) in [5, 5.41) is 0.514. The molecule has 0 aromatic carbocycles. The fourth-order valence-electron chi connectivity index (χ4n) is 2.42. The van der Waals surface area contributed by atoms with Crippen LogP contribution in [0.4, 0.5) is 0 Å². The molecule has 24 heavy (non-hydrogen) atoms. The molecular weight excluding hydrogens is 358 g/mol. The summed E-state index contributed by atoms with van der Waals surface area (Å²) in [5.41, 5.74) is 0. The van der Waals surface area contributed by atoms with E-state index < -0.39 is 27.7 Å². The van der Waals surface area contributed by atoms with Crippen LogP contribution in [0.5, 0.6) is 0 Å². The smallest absolute Gasteiger partial charge is 0.333 e. The van der Waals surface area contributed by atoms with Gasteiger partial charge in [0.2, 0.25) is 5.91 Å². The molecule has 0 N–H and O–H groups in total. The number of sulfone groups is 1. The number of thioether (sulfide) groups is 1. The van der Waals surface area contributed by atoms with Gasteiger partial charge in [-0.25, -0.2) is 13.2 Å². The van der Waals surface area contributed by atoms with Crippen LogP contribution in [-0.4, -0.2) is 68.7 Å². The fourth-order valence-corrected chi connectivity index (χ4v) is 5.10. The Labute approximate surface area is 144 Å². The molecule has 8 nitrogen and oxygen atoms in total. The Morgan fingerprint density at radius 1 is 1.42 bits per heavy atom. The summed E-state index contributed by atoms with van der Waals surface area (Å²) in [6.45, 7) is 0.403. The third-order valence-electron chi connectivity index (χ3n) is 3.69. The summed E-state index contributed by atoms with van der Waals surface area (Å²) in [6, 6.07) is 0. The minimum absolute atomic E-state index is 0.0218. The van der Waals surface area contributed by atoms with E-state index in [0.717, 1.165) is 0 Å². The number of rotatable bonds is 6. The first-order valence-corrected chi connectivity index (χ1v) is 10.2. The second-order valence-corrected chi connectivity index (χ2v) is 8.69. The van der Waals surface area contributed by atoms with E-state index in [1.54, 1.807) is 0 Å². The van der Waals surface area contributed by atoms with Crippen LogP contribution in [0, 0.1) is 5.92 Å². The number of methoxy groups -OCH3 is 1. The van der Waals surface area contributed by atoms with Crippen LogP contribution in [-0.2, 0) is 33.7 Å². The summed E-state index contributed by atoms with van der Waals surface area (Å²) in [7, 11) is -1.86.